The molecule has 6 nitrogen and oxygen atoms in total. The fourth-order valence-corrected chi connectivity index (χ4v) is 3.83. The number of likely N-dealkylation sites (N-methyl/N-ethyl adjacent to an activating group) is 1. The highest BCUT2D eigenvalue weighted by Crippen LogP contribution is 2.45. The van der Waals surface area contributed by atoms with E-state index in [1.807, 2.05) is 32.2 Å². The number of guanidine groups is 1. The SMILES string of the molecule is CCNC(=NCC(=O)N(C)CCc1ccccn1)NCC1(CC(C)C)CCC1. The van der Waals surface area contributed by atoms with Gasteiger partial charge in [0, 0.05) is 45.0 Å². The average molecular weight is 388 g/mol. The van der Waals surface area contributed by atoms with Crippen LogP contribution in [0.5, 0.6) is 0 Å². The number of carbonyl (C=O) groups is 1. The van der Waals surface area contributed by atoms with E-state index in [4.69, 9.17) is 0 Å². The van der Waals surface area contributed by atoms with Gasteiger partial charge in [-0.2, -0.15) is 0 Å². The van der Waals surface area contributed by atoms with Gasteiger partial charge in [-0.05, 0) is 49.7 Å². The van der Waals surface area contributed by atoms with E-state index in [0.717, 1.165) is 31.2 Å². The van der Waals surface area contributed by atoms with Gasteiger partial charge in [0.2, 0.25) is 5.91 Å². The van der Waals surface area contributed by atoms with Crippen molar-refractivity contribution in [1.82, 2.24) is 20.5 Å². The Hall–Kier alpha value is -2.11. The van der Waals surface area contributed by atoms with E-state index < -0.39 is 0 Å². The second-order valence-corrected chi connectivity index (χ2v) is 8.39. The van der Waals surface area contributed by atoms with Gasteiger partial charge in [0.15, 0.2) is 5.96 Å². The van der Waals surface area contributed by atoms with Crippen molar-refractivity contribution < 1.29 is 4.79 Å². The zero-order chi connectivity index (χ0) is 20.4. The van der Waals surface area contributed by atoms with Crippen molar-refractivity contribution in [3.63, 3.8) is 0 Å². The molecule has 1 heterocycles. The molecule has 0 unspecified atom stereocenters. The van der Waals surface area contributed by atoms with Crippen molar-refractivity contribution in [3.8, 4) is 0 Å². The van der Waals surface area contributed by atoms with Crippen molar-refractivity contribution in [2.24, 2.45) is 16.3 Å². The summed E-state index contributed by atoms with van der Waals surface area (Å²) in [5.41, 5.74) is 1.39. The fraction of sp³-hybridized carbons (Fsp3) is 0.682. The Bertz CT molecular complexity index is 625. The lowest BCUT2D eigenvalue weighted by Gasteiger charge is -2.43. The summed E-state index contributed by atoms with van der Waals surface area (Å²) in [6.07, 6.45) is 7.67. The Morgan fingerprint density at radius 1 is 1.32 bits per heavy atom. The topological polar surface area (TPSA) is 69.6 Å². The van der Waals surface area contributed by atoms with Crippen molar-refractivity contribution in [2.75, 3.05) is 33.2 Å². The maximum atomic E-state index is 12.4. The fourth-order valence-electron chi connectivity index (χ4n) is 3.83. The molecule has 1 aromatic rings. The number of pyridine rings is 1. The minimum Gasteiger partial charge on any atom is -0.357 e. The molecular weight excluding hydrogens is 350 g/mol. The van der Waals surface area contributed by atoms with E-state index >= 15 is 0 Å². The summed E-state index contributed by atoms with van der Waals surface area (Å²) in [6, 6.07) is 5.85. The molecule has 0 aromatic carbocycles. The summed E-state index contributed by atoms with van der Waals surface area (Å²) in [6.45, 7) is 9.15. The number of amides is 1. The molecular formula is C22H37N5O. The first-order valence-electron chi connectivity index (χ1n) is 10.6. The molecule has 1 aliphatic carbocycles. The van der Waals surface area contributed by atoms with Gasteiger partial charge in [-0.1, -0.05) is 26.3 Å². The second-order valence-electron chi connectivity index (χ2n) is 8.39. The highest BCUT2D eigenvalue weighted by molar-refractivity contribution is 5.84. The second kappa shape index (κ2) is 11.0. The molecule has 1 aliphatic rings. The van der Waals surface area contributed by atoms with Crippen molar-refractivity contribution >= 4 is 11.9 Å². The van der Waals surface area contributed by atoms with Gasteiger partial charge in [0.05, 0.1) is 0 Å². The molecule has 0 radical (unpaired) electrons. The molecule has 2 rings (SSSR count). The maximum Gasteiger partial charge on any atom is 0.244 e. The molecule has 2 N–H and O–H groups in total. The van der Waals surface area contributed by atoms with Crippen LogP contribution in [0.25, 0.3) is 0 Å². The molecule has 0 aliphatic heterocycles. The van der Waals surface area contributed by atoms with Crippen LogP contribution in [0.1, 0.15) is 52.1 Å². The number of hydrogen-bond donors (Lipinski definition) is 2. The van der Waals surface area contributed by atoms with Gasteiger partial charge in [-0.3, -0.25) is 9.78 Å². The summed E-state index contributed by atoms with van der Waals surface area (Å²) in [7, 11) is 1.83. The highest BCUT2D eigenvalue weighted by Gasteiger charge is 2.37. The van der Waals surface area contributed by atoms with Gasteiger partial charge in [0.1, 0.15) is 6.54 Å². The minimum absolute atomic E-state index is 0.0219. The summed E-state index contributed by atoms with van der Waals surface area (Å²) in [4.78, 5) is 23.0. The van der Waals surface area contributed by atoms with Crippen molar-refractivity contribution in [3.05, 3.63) is 30.1 Å². The number of aliphatic imine (C=N–C) groups is 1. The Labute approximate surface area is 170 Å². The number of rotatable bonds is 10. The minimum atomic E-state index is 0.0219. The first kappa shape index (κ1) is 22.2. The van der Waals surface area contributed by atoms with E-state index in [1.165, 1.54) is 25.7 Å². The molecule has 0 atom stereocenters. The van der Waals surface area contributed by atoms with Gasteiger partial charge in [-0.25, -0.2) is 4.99 Å². The summed E-state index contributed by atoms with van der Waals surface area (Å²) < 4.78 is 0. The zero-order valence-corrected chi connectivity index (χ0v) is 18.0. The van der Waals surface area contributed by atoms with Gasteiger partial charge < -0.3 is 15.5 Å². The predicted octanol–water partition coefficient (Wildman–Crippen LogP) is 2.85. The molecule has 6 heteroatoms. The maximum absolute atomic E-state index is 12.4. The van der Waals surface area contributed by atoms with Crippen LogP contribution in [0.4, 0.5) is 0 Å². The molecule has 156 valence electrons. The third kappa shape index (κ3) is 7.13. The van der Waals surface area contributed by atoms with E-state index in [0.29, 0.717) is 17.9 Å². The van der Waals surface area contributed by atoms with Crippen LogP contribution in [0.2, 0.25) is 0 Å². The Morgan fingerprint density at radius 2 is 2.11 bits per heavy atom. The average Bonchev–Trinajstić information content (AvgIpc) is 2.66. The first-order chi connectivity index (χ1) is 13.4. The van der Waals surface area contributed by atoms with Crippen LogP contribution in [0, 0.1) is 11.3 Å². The van der Waals surface area contributed by atoms with Gasteiger partial charge >= 0.3 is 0 Å². The molecule has 0 bridgehead atoms. The quantitative estimate of drug-likeness (QED) is 0.478. The van der Waals surface area contributed by atoms with Gasteiger partial charge in [-0.15, -0.1) is 0 Å². The van der Waals surface area contributed by atoms with Crippen LogP contribution in [-0.2, 0) is 11.2 Å². The lowest BCUT2D eigenvalue weighted by Crippen LogP contribution is -2.47. The van der Waals surface area contributed by atoms with E-state index in [1.54, 1.807) is 11.1 Å². The highest BCUT2D eigenvalue weighted by atomic mass is 16.2. The summed E-state index contributed by atoms with van der Waals surface area (Å²) >= 11 is 0. The number of nitrogens with one attached hydrogen (secondary N) is 2. The van der Waals surface area contributed by atoms with Gasteiger partial charge in [0.25, 0.3) is 0 Å². The smallest absolute Gasteiger partial charge is 0.244 e. The standard InChI is InChI=1S/C22H37N5O/c1-5-23-21(26-17-22(11-8-12-22)15-18(2)3)25-16-20(28)27(4)14-10-19-9-6-7-13-24-19/h6-7,9,13,18H,5,8,10-12,14-17H2,1-4H3,(H2,23,25,26). The molecule has 28 heavy (non-hydrogen) atoms. The molecule has 1 fully saturated rings. The van der Waals surface area contributed by atoms with Crippen LogP contribution in [0.3, 0.4) is 0 Å². The van der Waals surface area contributed by atoms with Crippen LogP contribution in [0.15, 0.2) is 29.4 Å². The largest absolute Gasteiger partial charge is 0.357 e. The number of carbonyl (C=O) groups excluding carboxylic acids is 1. The van der Waals surface area contributed by atoms with E-state index in [-0.39, 0.29) is 12.5 Å². The van der Waals surface area contributed by atoms with Crippen LogP contribution >= 0.6 is 0 Å². The van der Waals surface area contributed by atoms with Crippen LogP contribution < -0.4 is 10.6 Å². The normalized spacial score (nSPS) is 15.8. The first-order valence-corrected chi connectivity index (χ1v) is 10.6. The molecule has 0 spiro atoms. The van der Waals surface area contributed by atoms with Crippen molar-refractivity contribution in [1.29, 1.82) is 0 Å². The predicted molar refractivity (Wildman–Crippen MR) is 115 cm³/mol. The number of hydrogen-bond acceptors (Lipinski definition) is 3. The lowest BCUT2D eigenvalue weighted by molar-refractivity contribution is -0.128. The third-order valence-corrected chi connectivity index (χ3v) is 5.46. The number of aromatic nitrogens is 1. The van der Waals surface area contributed by atoms with Crippen molar-refractivity contribution in [2.45, 2.75) is 52.9 Å². The zero-order valence-electron chi connectivity index (χ0n) is 18.0. The van der Waals surface area contributed by atoms with E-state index in [9.17, 15) is 4.79 Å². The number of nitrogens with zero attached hydrogens (tertiary/aromatic N) is 3. The lowest BCUT2D eigenvalue weighted by atomic mass is 9.64. The molecule has 1 amide bonds. The third-order valence-electron chi connectivity index (χ3n) is 5.46. The molecule has 1 aromatic heterocycles. The summed E-state index contributed by atoms with van der Waals surface area (Å²) in [5.74, 6) is 1.47. The monoisotopic (exact) mass is 387 g/mol. The Morgan fingerprint density at radius 3 is 2.68 bits per heavy atom. The molecule has 1 saturated carbocycles. The Balaban J connectivity index is 1.82. The summed E-state index contributed by atoms with van der Waals surface area (Å²) in [5, 5.41) is 6.75. The van der Waals surface area contributed by atoms with E-state index in [2.05, 4.69) is 34.5 Å². The van der Waals surface area contributed by atoms with Crippen LogP contribution in [-0.4, -0.2) is 55.0 Å². The Kier molecular flexibility index (Phi) is 8.74. The molecule has 0 saturated heterocycles.